The number of nitrogens with one attached hydrogen (secondary N) is 1. The largest absolute Gasteiger partial charge is 0.493 e. The van der Waals surface area contributed by atoms with E-state index >= 15 is 0 Å². The highest BCUT2D eigenvalue weighted by atomic mass is 35.5. The highest BCUT2D eigenvalue weighted by Crippen LogP contribution is 2.36. The van der Waals surface area contributed by atoms with Gasteiger partial charge in [0.25, 0.3) is 0 Å². The molecule has 2 heterocycles. The van der Waals surface area contributed by atoms with Crippen molar-refractivity contribution in [3.63, 3.8) is 0 Å². The molecule has 2 nitrogen and oxygen atoms in total. The second-order valence-electron chi connectivity index (χ2n) is 5.35. The molecule has 4 heteroatoms. The van der Waals surface area contributed by atoms with Gasteiger partial charge < -0.3 is 10.1 Å². The lowest BCUT2D eigenvalue weighted by molar-refractivity contribution is 0.352. The van der Waals surface area contributed by atoms with E-state index in [1.54, 1.807) is 0 Å². The molecule has 2 aromatic rings. The van der Waals surface area contributed by atoms with E-state index in [1.807, 2.05) is 30.5 Å². The molecule has 0 amide bonds. The van der Waals surface area contributed by atoms with Crippen molar-refractivity contribution in [3.05, 3.63) is 50.2 Å². The van der Waals surface area contributed by atoms with Crippen molar-refractivity contribution in [2.75, 3.05) is 13.7 Å². The number of fused-ring (bicyclic) bond motifs is 1. The van der Waals surface area contributed by atoms with Crippen LogP contribution in [0, 0.1) is 0 Å². The Morgan fingerprint density at radius 1 is 1.38 bits per heavy atom. The van der Waals surface area contributed by atoms with Crippen LogP contribution in [0.4, 0.5) is 0 Å². The van der Waals surface area contributed by atoms with Crippen LogP contribution in [0.25, 0.3) is 0 Å². The predicted molar refractivity (Wildman–Crippen MR) is 89.9 cm³/mol. The molecule has 112 valence electrons. The number of halogens is 1. The summed E-state index contributed by atoms with van der Waals surface area (Å²) in [7, 11) is 2.02. The molecule has 0 saturated carbocycles. The highest BCUT2D eigenvalue weighted by Gasteiger charge is 2.21. The van der Waals surface area contributed by atoms with E-state index in [0.717, 1.165) is 36.6 Å². The molecule has 0 bridgehead atoms. The van der Waals surface area contributed by atoms with Gasteiger partial charge in [0, 0.05) is 27.2 Å². The molecule has 1 aromatic heterocycles. The minimum Gasteiger partial charge on any atom is -0.493 e. The summed E-state index contributed by atoms with van der Waals surface area (Å²) in [6.45, 7) is 2.97. The summed E-state index contributed by atoms with van der Waals surface area (Å²) >= 11 is 8.14. The zero-order valence-corrected chi connectivity index (χ0v) is 14.0. The van der Waals surface area contributed by atoms with Crippen LogP contribution < -0.4 is 10.1 Å². The van der Waals surface area contributed by atoms with E-state index in [2.05, 4.69) is 24.4 Å². The zero-order chi connectivity index (χ0) is 14.8. The van der Waals surface area contributed by atoms with Crippen molar-refractivity contribution in [1.29, 1.82) is 0 Å². The Balaban J connectivity index is 1.87. The topological polar surface area (TPSA) is 21.3 Å². The summed E-state index contributed by atoms with van der Waals surface area (Å²) < 4.78 is 5.81. The molecule has 0 radical (unpaired) electrons. The van der Waals surface area contributed by atoms with Gasteiger partial charge in [-0.05, 0) is 55.3 Å². The number of benzene rings is 1. The lowest BCUT2D eigenvalue weighted by atomic mass is 10.0. The molecular formula is C17H20ClNOS. The number of rotatable bonds is 5. The minimum atomic E-state index is 0.307. The first-order valence-corrected chi connectivity index (χ1v) is 8.60. The Kier molecular flexibility index (Phi) is 4.53. The van der Waals surface area contributed by atoms with Gasteiger partial charge >= 0.3 is 0 Å². The summed E-state index contributed by atoms with van der Waals surface area (Å²) in [6, 6.07) is 8.84. The number of likely N-dealkylation sites (N-methyl/N-ethyl adjacent to an activating group) is 1. The summed E-state index contributed by atoms with van der Waals surface area (Å²) in [6.07, 6.45) is 2.96. The lowest BCUT2D eigenvalue weighted by Gasteiger charge is -2.17. The maximum absolute atomic E-state index is 6.25. The van der Waals surface area contributed by atoms with E-state index in [9.17, 15) is 0 Å². The van der Waals surface area contributed by atoms with E-state index in [0.29, 0.717) is 6.04 Å². The summed E-state index contributed by atoms with van der Waals surface area (Å²) in [4.78, 5) is 2.80. The van der Waals surface area contributed by atoms with Gasteiger partial charge in [0.2, 0.25) is 0 Å². The van der Waals surface area contributed by atoms with Crippen LogP contribution in [0.15, 0.2) is 24.3 Å². The smallest absolute Gasteiger partial charge is 0.125 e. The van der Waals surface area contributed by atoms with Crippen LogP contribution in [0.5, 0.6) is 5.75 Å². The highest BCUT2D eigenvalue weighted by molar-refractivity contribution is 7.12. The molecular weight excluding hydrogens is 302 g/mol. The van der Waals surface area contributed by atoms with Gasteiger partial charge in [-0.1, -0.05) is 18.5 Å². The fraction of sp³-hybridized carbons (Fsp3) is 0.412. The van der Waals surface area contributed by atoms with Crippen LogP contribution in [0.2, 0.25) is 5.02 Å². The molecule has 1 aliphatic heterocycles. The molecule has 0 saturated heterocycles. The van der Waals surface area contributed by atoms with Gasteiger partial charge in [0.15, 0.2) is 0 Å². The molecule has 3 rings (SSSR count). The first-order valence-electron chi connectivity index (χ1n) is 7.41. The first kappa shape index (κ1) is 14.9. The SMILES string of the molecule is CCc1ccc(C(Cc2cc(Cl)cc3c2OCC3)NC)s1. The average molecular weight is 322 g/mol. The number of hydrogen-bond donors (Lipinski definition) is 1. The van der Waals surface area contributed by atoms with Crippen molar-refractivity contribution in [2.45, 2.75) is 32.2 Å². The van der Waals surface area contributed by atoms with E-state index in [4.69, 9.17) is 16.3 Å². The molecule has 0 spiro atoms. The third kappa shape index (κ3) is 3.10. The average Bonchev–Trinajstić information content (AvgIpc) is 3.12. The molecule has 1 N–H and O–H groups in total. The van der Waals surface area contributed by atoms with Crippen LogP contribution in [0.1, 0.15) is 33.8 Å². The Bertz CT molecular complexity index is 638. The maximum atomic E-state index is 6.25. The van der Waals surface area contributed by atoms with Crippen molar-refractivity contribution in [3.8, 4) is 5.75 Å². The normalized spacial score (nSPS) is 14.8. The fourth-order valence-corrected chi connectivity index (χ4v) is 4.16. The Hall–Kier alpha value is -1.03. The standard InChI is InChI=1S/C17H20ClNOS/c1-3-14-4-5-16(21-14)15(19-2)10-12-9-13(18)8-11-6-7-20-17(11)12/h4-5,8-9,15,19H,3,6-7,10H2,1-2H3. The monoisotopic (exact) mass is 321 g/mol. The lowest BCUT2D eigenvalue weighted by Crippen LogP contribution is -2.18. The fourth-order valence-electron chi connectivity index (χ4n) is 2.83. The van der Waals surface area contributed by atoms with Gasteiger partial charge in [-0.2, -0.15) is 0 Å². The maximum Gasteiger partial charge on any atom is 0.125 e. The number of thiophene rings is 1. The molecule has 1 unspecified atom stereocenters. The predicted octanol–water partition coefficient (Wildman–Crippen LogP) is 4.40. The van der Waals surface area contributed by atoms with Gasteiger partial charge in [-0.25, -0.2) is 0 Å². The second-order valence-corrected chi connectivity index (χ2v) is 6.99. The molecule has 1 atom stereocenters. The van der Waals surface area contributed by atoms with Crippen molar-refractivity contribution >= 4 is 22.9 Å². The molecule has 0 aliphatic carbocycles. The Morgan fingerprint density at radius 3 is 2.95 bits per heavy atom. The van der Waals surface area contributed by atoms with Gasteiger partial charge in [0.05, 0.1) is 6.61 Å². The second kappa shape index (κ2) is 6.39. The van der Waals surface area contributed by atoms with Crippen molar-refractivity contribution in [1.82, 2.24) is 5.32 Å². The van der Waals surface area contributed by atoms with Gasteiger partial charge in [-0.3, -0.25) is 0 Å². The van der Waals surface area contributed by atoms with Crippen LogP contribution in [-0.4, -0.2) is 13.7 Å². The third-order valence-electron chi connectivity index (χ3n) is 3.97. The van der Waals surface area contributed by atoms with Crippen LogP contribution in [-0.2, 0) is 19.3 Å². The summed E-state index contributed by atoms with van der Waals surface area (Å²) in [5, 5.41) is 4.24. The molecule has 21 heavy (non-hydrogen) atoms. The van der Waals surface area contributed by atoms with E-state index in [-0.39, 0.29) is 0 Å². The number of aryl methyl sites for hydroxylation is 1. The Labute approximate surface area is 135 Å². The summed E-state index contributed by atoms with van der Waals surface area (Å²) in [5.74, 6) is 1.05. The zero-order valence-electron chi connectivity index (χ0n) is 12.4. The number of hydrogen-bond acceptors (Lipinski definition) is 3. The minimum absolute atomic E-state index is 0.307. The van der Waals surface area contributed by atoms with Crippen molar-refractivity contribution in [2.24, 2.45) is 0 Å². The van der Waals surface area contributed by atoms with Crippen molar-refractivity contribution < 1.29 is 4.74 Å². The first-order chi connectivity index (χ1) is 10.2. The molecule has 1 aromatic carbocycles. The molecule has 1 aliphatic rings. The van der Waals surface area contributed by atoms with E-state index in [1.165, 1.54) is 20.9 Å². The van der Waals surface area contributed by atoms with Crippen LogP contribution in [0.3, 0.4) is 0 Å². The van der Waals surface area contributed by atoms with E-state index < -0.39 is 0 Å². The van der Waals surface area contributed by atoms with Crippen LogP contribution >= 0.6 is 22.9 Å². The third-order valence-corrected chi connectivity index (χ3v) is 5.53. The quantitative estimate of drug-likeness (QED) is 0.881. The van der Waals surface area contributed by atoms with Gasteiger partial charge in [0.1, 0.15) is 5.75 Å². The number of ether oxygens (including phenoxy) is 1. The molecule has 0 fully saturated rings. The Morgan fingerprint density at radius 2 is 2.24 bits per heavy atom. The summed E-state index contributed by atoms with van der Waals surface area (Å²) in [5.41, 5.74) is 2.45. The van der Waals surface area contributed by atoms with Gasteiger partial charge in [-0.15, -0.1) is 11.3 Å².